The molecular formula is C27H23N5O2. The minimum Gasteiger partial charge on any atom is -0.487 e. The Morgan fingerprint density at radius 2 is 1.76 bits per heavy atom. The standard InChI is InChI=1S/C27H23N5O2/c33-27(32(17-21-9-12-28-13-10-21)18-22-5-4-11-29-16-22)23-6-3-7-25(15-23)34-20-24-19-31-14-2-1-8-26(31)30-24/h1-16,19H,17-18,20H2. The smallest absolute Gasteiger partial charge is 0.254 e. The number of amides is 1. The fraction of sp³-hybridized carbons (Fsp3) is 0.111. The van der Waals surface area contributed by atoms with Gasteiger partial charge in [0.15, 0.2) is 0 Å². The lowest BCUT2D eigenvalue weighted by Gasteiger charge is -2.23. The topological polar surface area (TPSA) is 72.6 Å². The number of imidazole rings is 1. The van der Waals surface area contributed by atoms with E-state index in [9.17, 15) is 4.79 Å². The SMILES string of the molecule is O=C(c1cccc(OCc2cn3ccccc3n2)c1)N(Cc1ccncc1)Cc1cccnc1. The van der Waals surface area contributed by atoms with Crippen LogP contribution in [0.4, 0.5) is 0 Å². The van der Waals surface area contributed by atoms with Gasteiger partial charge >= 0.3 is 0 Å². The van der Waals surface area contributed by atoms with Crippen molar-refractivity contribution in [3.05, 3.63) is 126 Å². The van der Waals surface area contributed by atoms with Gasteiger partial charge in [-0.3, -0.25) is 14.8 Å². The number of fused-ring (bicyclic) bond motifs is 1. The third kappa shape index (κ3) is 5.10. The van der Waals surface area contributed by atoms with Gasteiger partial charge < -0.3 is 14.0 Å². The third-order valence-electron chi connectivity index (χ3n) is 5.39. The molecule has 0 aliphatic rings. The van der Waals surface area contributed by atoms with Crippen molar-refractivity contribution >= 4 is 11.6 Å². The molecule has 0 aliphatic heterocycles. The second kappa shape index (κ2) is 9.95. The van der Waals surface area contributed by atoms with Crippen molar-refractivity contribution in [1.29, 1.82) is 0 Å². The molecule has 5 aromatic rings. The summed E-state index contributed by atoms with van der Waals surface area (Å²) in [5.41, 5.74) is 4.21. The van der Waals surface area contributed by atoms with Gasteiger partial charge in [-0.1, -0.05) is 18.2 Å². The Balaban J connectivity index is 1.33. The lowest BCUT2D eigenvalue weighted by atomic mass is 10.1. The van der Waals surface area contributed by atoms with Crippen LogP contribution in [0, 0.1) is 0 Å². The highest BCUT2D eigenvalue weighted by atomic mass is 16.5. The molecule has 0 unspecified atom stereocenters. The van der Waals surface area contributed by atoms with Gasteiger partial charge in [0.25, 0.3) is 5.91 Å². The van der Waals surface area contributed by atoms with Crippen molar-refractivity contribution in [2.24, 2.45) is 0 Å². The predicted octanol–water partition coefficient (Wildman–Crippen LogP) is 4.55. The first-order valence-corrected chi connectivity index (χ1v) is 11.0. The monoisotopic (exact) mass is 449 g/mol. The summed E-state index contributed by atoms with van der Waals surface area (Å²) < 4.78 is 7.92. The normalized spacial score (nSPS) is 10.8. The fourth-order valence-electron chi connectivity index (χ4n) is 3.74. The third-order valence-corrected chi connectivity index (χ3v) is 5.39. The number of hydrogen-bond donors (Lipinski definition) is 0. The molecule has 4 aromatic heterocycles. The molecule has 1 aromatic carbocycles. The van der Waals surface area contributed by atoms with Gasteiger partial charge in [0, 0.05) is 55.8 Å². The number of carbonyl (C=O) groups excluding carboxylic acids is 1. The summed E-state index contributed by atoms with van der Waals surface area (Å²) in [5.74, 6) is 0.534. The number of pyridine rings is 3. The molecule has 0 saturated heterocycles. The van der Waals surface area contributed by atoms with Crippen LogP contribution < -0.4 is 4.74 Å². The molecule has 0 spiro atoms. The number of aromatic nitrogens is 4. The van der Waals surface area contributed by atoms with Gasteiger partial charge in [-0.25, -0.2) is 4.98 Å². The maximum atomic E-state index is 13.5. The number of ether oxygens (including phenoxy) is 1. The van der Waals surface area contributed by atoms with Crippen LogP contribution in [0.15, 0.2) is 104 Å². The van der Waals surface area contributed by atoms with E-state index in [1.54, 1.807) is 35.8 Å². The molecule has 0 radical (unpaired) electrons. The molecule has 5 rings (SSSR count). The maximum absolute atomic E-state index is 13.5. The van der Waals surface area contributed by atoms with Crippen molar-refractivity contribution in [2.75, 3.05) is 0 Å². The molecule has 0 bridgehead atoms. The first-order chi connectivity index (χ1) is 16.7. The van der Waals surface area contributed by atoms with E-state index in [0.717, 1.165) is 22.5 Å². The van der Waals surface area contributed by atoms with Crippen LogP contribution in [0.1, 0.15) is 27.2 Å². The highest BCUT2D eigenvalue weighted by Gasteiger charge is 2.18. The summed E-state index contributed by atoms with van der Waals surface area (Å²) in [5, 5.41) is 0. The van der Waals surface area contributed by atoms with Crippen LogP contribution in [-0.2, 0) is 19.7 Å². The van der Waals surface area contributed by atoms with Gasteiger partial charge in [0.1, 0.15) is 18.0 Å². The molecule has 4 heterocycles. The molecule has 0 aliphatic carbocycles. The van der Waals surface area contributed by atoms with E-state index in [0.29, 0.717) is 31.0 Å². The molecule has 7 heteroatoms. The van der Waals surface area contributed by atoms with E-state index in [-0.39, 0.29) is 5.91 Å². The Hall–Kier alpha value is -4.52. The average Bonchev–Trinajstić information content (AvgIpc) is 3.31. The minimum atomic E-state index is -0.0844. The molecule has 0 N–H and O–H groups in total. The lowest BCUT2D eigenvalue weighted by molar-refractivity contribution is 0.0729. The Kier molecular flexibility index (Phi) is 6.25. The number of carbonyl (C=O) groups is 1. The van der Waals surface area contributed by atoms with E-state index in [1.807, 2.05) is 77.5 Å². The van der Waals surface area contributed by atoms with Crippen molar-refractivity contribution < 1.29 is 9.53 Å². The van der Waals surface area contributed by atoms with Gasteiger partial charge in [0.05, 0.1) is 5.69 Å². The summed E-state index contributed by atoms with van der Waals surface area (Å²) in [7, 11) is 0. The zero-order valence-corrected chi connectivity index (χ0v) is 18.5. The molecule has 168 valence electrons. The number of rotatable bonds is 8. The molecule has 1 amide bonds. The molecule has 0 saturated carbocycles. The Morgan fingerprint density at radius 1 is 0.882 bits per heavy atom. The Morgan fingerprint density at radius 3 is 2.59 bits per heavy atom. The quantitative estimate of drug-likeness (QED) is 0.348. The van der Waals surface area contributed by atoms with Crippen molar-refractivity contribution in [1.82, 2.24) is 24.3 Å². The van der Waals surface area contributed by atoms with E-state index in [2.05, 4.69) is 15.0 Å². The molecule has 34 heavy (non-hydrogen) atoms. The summed E-state index contributed by atoms with van der Waals surface area (Å²) in [4.78, 5) is 28.1. The highest BCUT2D eigenvalue weighted by Crippen LogP contribution is 2.19. The first kappa shape index (κ1) is 21.3. The average molecular weight is 450 g/mol. The maximum Gasteiger partial charge on any atom is 0.254 e. The largest absolute Gasteiger partial charge is 0.487 e. The Labute approximate surface area is 197 Å². The molecule has 7 nitrogen and oxygen atoms in total. The molecular weight excluding hydrogens is 426 g/mol. The number of benzene rings is 1. The zero-order chi connectivity index (χ0) is 23.2. The van der Waals surface area contributed by atoms with Crippen LogP contribution in [-0.4, -0.2) is 30.2 Å². The summed E-state index contributed by atoms with van der Waals surface area (Å²) >= 11 is 0. The van der Waals surface area contributed by atoms with Crippen LogP contribution in [0.5, 0.6) is 5.75 Å². The van der Waals surface area contributed by atoms with Crippen molar-refractivity contribution in [3.63, 3.8) is 0 Å². The van der Waals surface area contributed by atoms with Crippen LogP contribution in [0.25, 0.3) is 5.65 Å². The number of hydrogen-bond acceptors (Lipinski definition) is 5. The second-order valence-electron chi connectivity index (χ2n) is 7.89. The second-order valence-corrected chi connectivity index (χ2v) is 7.89. The van der Waals surface area contributed by atoms with Crippen LogP contribution in [0.3, 0.4) is 0 Å². The van der Waals surface area contributed by atoms with E-state index < -0.39 is 0 Å². The fourth-order valence-corrected chi connectivity index (χ4v) is 3.74. The lowest BCUT2D eigenvalue weighted by Crippen LogP contribution is -2.30. The predicted molar refractivity (Wildman–Crippen MR) is 128 cm³/mol. The molecule has 0 fully saturated rings. The zero-order valence-electron chi connectivity index (χ0n) is 18.5. The van der Waals surface area contributed by atoms with E-state index >= 15 is 0 Å². The van der Waals surface area contributed by atoms with Crippen molar-refractivity contribution in [3.8, 4) is 5.75 Å². The summed E-state index contributed by atoms with van der Waals surface area (Å²) in [6.45, 7) is 1.22. The van der Waals surface area contributed by atoms with E-state index in [1.165, 1.54) is 0 Å². The van der Waals surface area contributed by atoms with Crippen LogP contribution in [0.2, 0.25) is 0 Å². The van der Waals surface area contributed by atoms with Gasteiger partial charge in [-0.05, 0) is 59.7 Å². The number of nitrogens with zero attached hydrogens (tertiary/aromatic N) is 5. The van der Waals surface area contributed by atoms with Gasteiger partial charge in [0.2, 0.25) is 0 Å². The van der Waals surface area contributed by atoms with Gasteiger partial charge in [-0.15, -0.1) is 0 Å². The molecule has 0 atom stereocenters. The summed E-state index contributed by atoms with van der Waals surface area (Å²) in [6, 6.07) is 20.8. The van der Waals surface area contributed by atoms with Crippen LogP contribution >= 0.6 is 0 Å². The van der Waals surface area contributed by atoms with Gasteiger partial charge in [-0.2, -0.15) is 0 Å². The van der Waals surface area contributed by atoms with Crippen molar-refractivity contribution in [2.45, 2.75) is 19.7 Å². The minimum absolute atomic E-state index is 0.0844. The Bertz CT molecular complexity index is 1310. The highest BCUT2D eigenvalue weighted by molar-refractivity contribution is 5.94. The first-order valence-electron chi connectivity index (χ1n) is 11.0. The van der Waals surface area contributed by atoms with E-state index in [4.69, 9.17) is 4.74 Å². The summed E-state index contributed by atoms with van der Waals surface area (Å²) in [6.07, 6.45) is 10.9.